The SMILES string of the molecule is Cc1ccc(Cn2c(CCNC(=O)Nc3cccc(Br)c3)nc3cccnc32)cc1. The van der Waals surface area contributed by atoms with E-state index < -0.39 is 0 Å². The Balaban J connectivity index is 1.45. The normalized spacial score (nSPS) is 10.9. The highest BCUT2D eigenvalue weighted by atomic mass is 79.9. The average molecular weight is 464 g/mol. The van der Waals surface area contributed by atoms with E-state index in [1.165, 1.54) is 11.1 Å². The van der Waals surface area contributed by atoms with Crippen LogP contribution in [0.25, 0.3) is 11.2 Å². The molecule has 7 heteroatoms. The van der Waals surface area contributed by atoms with Crippen LogP contribution in [0.4, 0.5) is 10.5 Å². The van der Waals surface area contributed by atoms with Gasteiger partial charge in [-0.15, -0.1) is 0 Å². The van der Waals surface area contributed by atoms with Crippen LogP contribution in [0.5, 0.6) is 0 Å². The summed E-state index contributed by atoms with van der Waals surface area (Å²) in [6.07, 6.45) is 2.39. The molecule has 0 saturated heterocycles. The summed E-state index contributed by atoms with van der Waals surface area (Å²) < 4.78 is 3.03. The number of carbonyl (C=O) groups excluding carboxylic acids is 1. The lowest BCUT2D eigenvalue weighted by atomic mass is 10.1. The number of benzene rings is 2. The lowest BCUT2D eigenvalue weighted by molar-refractivity contribution is 0.252. The summed E-state index contributed by atoms with van der Waals surface area (Å²) in [6.45, 7) is 3.23. The number of halogens is 1. The van der Waals surface area contributed by atoms with E-state index in [9.17, 15) is 4.79 Å². The summed E-state index contributed by atoms with van der Waals surface area (Å²) in [5.74, 6) is 0.895. The predicted octanol–water partition coefficient (Wildman–Crippen LogP) is 4.91. The molecule has 0 bridgehead atoms. The van der Waals surface area contributed by atoms with E-state index in [1.54, 1.807) is 6.20 Å². The Morgan fingerprint density at radius 2 is 1.93 bits per heavy atom. The van der Waals surface area contributed by atoms with Crippen LogP contribution in [-0.4, -0.2) is 27.1 Å². The number of aromatic nitrogens is 3. The average Bonchev–Trinajstić information content (AvgIpc) is 3.07. The van der Waals surface area contributed by atoms with Crippen LogP contribution in [0.1, 0.15) is 17.0 Å². The molecule has 6 nitrogen and oxygen atoms in total. The Bertz CT molecular complexity index is 1170. The monoisotopic (exact) mass is 463 g/mol. The Morgan fingerprint density at radius 1 is 1.10 bits per heavy atom. The molecule has 4 aromatic rings. The summed E-state index contributed by atoms with van der Waals surface area (Å²) in [4.78, 5) is 21.5. The number of nitrogens with zero attached hydrogens (tertiary/aromatic N) is 3. The van der Waals surface area contributed by atoms with Crippen LogP contribution < -0.4 is 10.6 Å². The Hall–Kier alpha value is -3.19. The van der Waals surface area contributed by atoms with Crippen molar-refractivity contribution in [1.82, 2.24) is 19.9 Å². The van der Waals surface area contributed by atoms with Gasteiger partial charge in [0.05, 0.1) is 6.54 Å². The van der Waals surface area contributed by atoms with E-state index in [-0.39, 0.29) is 6.03 Å². The maximum atomic E-state index is 12.2. The van der Waals surface area contributed by atoms with E-state index in [0.717, 1.165) is 27.1 Å². The number of urea groups is 1. The van der Waals surface area contributed by atoms with Crippen molar-refractivity contribution < 1.29 is 4.79 Å². The van der Waals surface area contributed by atoms with Gasteiger partial charge in [0.2, 0.25) is 0 Å². The van der Waals surface area contributed by atoms with Gasteiger partial charge in [0.15, 0.2) is 5.65 Å². The molecular formula is C23H22BrN5O. The molecule has 2 N–H and O–H groups in total. The van der Waals surface area contributed by atoms with Crippen LogP contribution in [0.15, 0.2) is 71.3 Å². The van der Waals surface area contributed by atoms with Gasteiger partial charge < -0.3 is 15.2 Å². The molecule has 0 aliphatic rings. The minimum absolute atomic E-state index is 0.243. The second-order valence-electron chi connectivity index (χ2n) is 7.09. The fourth-order valence-electron chi connectivity index (χ4n) is 3.27. The lowest BCUT2D eigenvalue weighted by Crippen LogP contribution is -2.31. The summed E-state index contributed by atoms with van der Waals surface area (Å²) in [5, 5.41) is 5.74. The van der Waals surface area contributed by atoms with E-state index in [4.69, 9.17) is 4.98 Å². The number of carbonyl (C=O) groups is 1. The molecule has 0 fully saturated rings. The van der Waals surface area contributed by atoms with Crippen molar-refractivity contribution in [2.24, 2.45) is 0 Å². The first-order valence-electron chi connectivity index (χ1n) is 9.74. The Labute approximate surface area is 183 Å². The first kappa shape index (κ1) is 20.1. The highest BCUT2D eigenvalue weighted by Gasteiger charge is 2.12. The Kier molecular flexibility index (Phi) is 6.09. The van der Waals surface area contributed by atoms with Crippen molar-refractivity contribution in [3.8, 4) is 0 Å². The first-order valence-corrected chi connectivity index (χ1v) is 10.5. The minimum Gasteiger partial charge on any atom is -0.337 e. The molecule has 0 radical (unpaired) electrons. The molecule has 4 rings (SSSR count). The first-order chi connectivity index (χ1) is 14.6. The number of fused-ring (bicyclic) bond motifs is 1. The van der Waals surface area contributed by atoms with Gasteiger partial charge in [0.1, 0.15) is 11.3 Å². The lowest BCUT2D eigenvalue weighted by Gasteiger charge is -2.11. The highest BCUT2D eigenvalue weighted by Crippen LogP contribution is 2.17. The molecule has 152 valence electrons. The van der Waals surface area contributed by atoms with Gasteiger partial charge in [0.25, 0.3) is 0 Å². The minimum atomic E-state index is -0.243. The molecule has 0 spiro atoms. The summed E-state index contributed by atoms with van der Waals surface area (Å²) >= 11 is 3.40. The molecule has 0 aliphatic carbocycles. The van der Waals surface area contributed by atoms with Gasteiger partial charge >= 0.3 is 6.03 Å². The third-order valence-corrected chi connectivity index (χ3v) is 5.25. The highest BCUT2D eigenvalue weighted by molar-refractivity contribution is 9.10. The maximum Gasteiger partial charge on any atom is 0.319 e. The maximum absolute atomic E-state index is 12.2. The van der Waals surface area contributed by atoms with Gasteiger partial charge in [-0.3, -0.25) is 0 Å². The number of nitrogens with one attached hydrogen (secondary N) is 2. The van der Waals surface area contributed by atoms with E-state index in [2.05, 4.69) is 67.3 Å². The zero-order chi connectivity index (χ0) is 20.9. The van der Waals surface area contributed by atoms with Crippen LogP contribution in [-0.2, 0) is 13.0 Å². The van der Waals surface area contributed by atoms with Crippen molar-refractivity contribution >= 4 is 38.8 Å². The number of hydrogen-bond acceptors (Lipinski definition) is 3. The van der Waals surface area contributed by atoms with Gasteiger partial charge in [-0.25, -0.2) is 14.8 Å². The molecule has 2 amide bonds. The van der Waals surface area contributed by atoms with Gasteiger partial charge in [-0.1, -0.05) is 51.8 Å². The molecule has 2 heterocycles. The Morgan fingerprint density at radius 3 is 2.73 bits per heavy atom. The zero-order valence-corrected chi connectivity index (χ0v) is 18.2. The zero-order valence-electron chi connectivity index (χ0n) is 16.6. The fourth-order valence-corrected chi connectivity index (χ4v) is 3.67. The number of aryl methyl sites for hydroxylation is 1. The molecule has 2 aromatic carbocycles. The molecule has 30 heavy (non-hydrogen) atoms. The number of anilines is 1. The second-order valence-corrected chi connectivity index (χ2v) is 8.00. The van der Waals surface area contributed by atoms with E-state index in [1.807, 2.05) is 36.4 Å². The topological polar surface area (TPSA) is 71.8 Å². The molecule has 0 aliphatic heterocycles. The number of imidazole rings is 1. The van der Waals surface area contributed by atoms with Gasteiger partial charge in [-0.2, -0.15) is 0 Å². The van der Waals surface area contributed by atoms with E-state index in [0.29, 0.717) is 19.5 Å². The number of pyridine rings is 1. The third-order valence-electron chi connectivity index (χ3n) is 4.76. The van der Waals surface area contributed by atoms with Gasteiger partial charge in [0, 0.05) is 29.3 Å². The summed E-state index contributed by atoms with van der Waals surface area (Å²) in [6, 6.07) is 19.6. The van der Waals surface area contributed by atoms with Crippen molar-refractivity contribution in [2.75, 3.05) is 11.9 Å². The molecule has 0 atom stereocenters. The van der Waals surface area contributed by atoms with E-state index >= 15 is 0 Å². The van der Waals surface area contributed by atoms with Crippen molar-refractivity contribution in [3.63, 3.8) is 0 Å². The van der Waals surface area contributed by atoms with Crippen LogP contribution in [0.2, 0.25) is 0 Å². The van der Waals surface area contributed by atoms with Gasteiger partial charge in [-0.05, 0) is 42.8 Å². The van der Waals surface area contributed by atoms with Crippen molar-refractivity contribution in [1.29, 1.82) is 0 Å². The second kappa shape index (κ2) is 9.09. The van der Waals surface area contributed by atoms with Crippen LogP contribution in [0.3, 0.4) is 0 Å². The smallest absolute Gasteiger partial charge is 0.319 e. The molecular weight excluding hydrogens is 442 g/mol. The standard InChI is InChI=1S/C23H22BrN5O/c1-16-7-9-17(10-8-16)15-29-21(28-20-6-3-12-25-22(20)29)11-13-26-23(30)27-19-5-2-4-18(24)14-19/h2-10,12,14H,11,13,15H2,1H3,(H2,26,27,30). The van der Waals surface area contributed by atoms with Crippen molar-refractivity contribution in [3.05, 3.63) is 88.3 Å². The summed E-state index contributed by atoms with van der Waals surface area (Å²) in [7, 11) is 0. The molecule has 0 unspecified atom stereocenters. The summed E-state index contributed by atoms with van der Waals surface area (Å²) in [5.41, 5.74) is 4.86. The van der Waals surface area contributed by atoms with Crippen molar-refractivity contribution in [2.45, 2.75) is 19.9 Å². The molecule has 2 aromatic heterocycles. The van der Waals surface area contributed by atoms with Crippen LogP contribution >= 0.6 is 15.9 Å². The molecule has 0 saturated carbocycles. The predicted molar refractivity (Wildman–Crippen MR) is 123 cm³/mol. The number of rotatable bonds is 6. The van der Waals surface area contributed by atoms with Crippen LogP contribution in [0, 0.1) is 6.92 Å². The fraction of sp³-hybridized carbons (Fsp3) is 0.174. The quantitative estimate of drug-likeness (QED) is 0.426. The largest absolute Gasteiger partial charge is 0.337 e. The number of amides is 2. The third kappa shape index (κ3) is 4.86. The number of hydrogen-bond donors (Lipinski definition) is 2.